The SMILES string of the molecule is O=C(O)c1cncnc1CNCC(F)F. The van der Waals surface area contributed by atoms with E-state index in [9.17, 15) is 13.6 Å². The third-order valence-corrected chi connectivity index (χ3v) is 1.62. The molecule has 1 aromatic heterocycles. The fourth-order valence-corrected chi connectivity index (χ4v) is 0.974. The van der Waals surface area contributed by atoms with Crippen molar-refractivity contribution >= 4 is 5.97 Å². The summed E-state index contributed by atoms with van der Waals surface area (Å²) in [6.45, 7) is -0.516. The molecule has 7 heteroatoms. The molecule has 0 unspecified atom stereocenters. The first-order valence-electron chi connectivity index (χ1n) is 4.12. The van der Waals surface area contributed by atoms with Crippen LogP contribution in [0.15, 0.2) is 12.5 Å². The third-order valence-electron chi connectivity index (χ3n) is 1.62. The van der Waals surface area contributed by atoms with Gasteiger partial charge in [0.1, 0.15) is 11.9 Å². The molecule has 0 saturated heterocycles. The number of aromatic nitrogens is 2. The molecule has 15 heavy (non-hydrogen) atoms. The molecule has 0 atom stereocenters. The quantitative estimate of drug-likeness (QED) is 0.752. The zero-order chi connectivity index (χ0) is 11.3. The summed E-state index contributed by atoms with van der Waals surface area (Å²) < 4.78 is 23.6. The van der Waals surface area contributed by atoms with Gasteiger partial charge in [-0.05, 0) is 0 Å². The number of hydrogen-bond donors (Lipinski definition) is 2. The Morgan fingerprint density at radius 1 is 1.60 bits per heavy atom. The summed E-state index contributed by atoms with van der Waals surface area (Å²) in [5.74, 6) is -1.18. The van der Waals surface area contributed by atoms with Crippen molar-refractivity contribution in [2.45, 2.75) is 13.0 Å². The van der Waals surface area contributed by atoms with Crippen LogP contribution in [-0.2, 0) is 6.54 Å². The molecule has 0 spiro atoms. The van der Waals surface area contributed by atoms with Crippen LogP contribution in [0.3, 0.4) is 0 Å². The fraction of sp³-hybridized carbons (Fsp3) is 0.375. The summed E-state index contributed by atoms with van der Waals surface area (Å²) in [7, 11) is 0. The summed E-state index contributed by atoms with van der Waals surface area (Å²) in [6.07, 6.45) is -0.166. The minimum Gasteiger partial charge on any atom is -0.478 e. The number of carbonyl (C=O) groups is 1. The Hall–Kier alpha value is -1.63. The molecule has 0 amide bonds. The fourth-order valence-electron chi connectivity index (χ4n) is 0.974. The first-order chi connectivity index (χ1) is 7.11. The van der Waals surface area contributed by atoms with E-state index in [4.69, 9.17) is 5.11 Å². The van der Waals surface area contributed by atoms with Crippen molar-refractivity contribution in [2.24, 2.45) is 0 Å². The van der Waals surface area contributed by atoms with Gasteiger partial charge in [-0.2, -0.15) is 0 Å². The molecule has 1 rings (SSSR count). The third kappa shape index (κ3) is 3.55. The number of nitrogens with one attached hydrogen (secondary N) is 1. The highest BCUT2D eigenvalue weighted by molar-refractivity contribution is 5.88. The zero-order valence-corrected chi connectivity index (χ0v) is 7.65. The van der Waals surface area contributed by atoms with E-state index >= 15 is 0 Å². The van der Waals surface area contributed by atoms with Crippen molar-refractivity contribution in [3.8, 4) is 0 Å². The maximum absolute atomic E-state index is 11.8. The Balaban J connectivity index is 2.63. The van der Waals surface area contributed by atoms with E-state index < -0.39 is 18.9 Å². The van der Waals surface area contributed by atoms with Crippen molar-refractivity contribution < 1.29 is 18.7 Å². The van der Waals surface area contributed by atoms with E-state index in [1.54, 1.807) is 0 Å². The topological polar surface area (TPSA) is 75.1 Å². The number of hydrogen-bond acceptors (Lipinski definition) is 4. The molecule has 2 N–H and O–H groups in total. The molecule has 0 aliphatic carbocycles. The number of halogens is 2. The Labute approximate surface area is 84.2 Å². The smallest absolute Gasteiger partial charge is 0.339 e. The lowest BCUT2D eigenvalue weighted by molar-refractivity contribution is 0.0694. The molecule has 0 fully saturated rings. The molecule has 0 bridgehead atoms. The summed E-state index contributed by atoms with van der Waals surface area (Å²) in [4.78, 5) is 17.9. The highest BCUT2D eigenvalue weighted by Crippen LogP contribution is 2.03. The van der Waals surface area contributed by atoms with Crippen LogP contribution in [-0.4, -0.2) is 34.0 Å². The van der Waals surface area contributed by atoms with Crippen LogP contribution in [0.5, 0.6) is 0 Å². The summed E-state index contributed by atoms with van der Waals surface area (Å²) in [5, 5.41) is 11.1. The number of alkyl halides is 2. The van der Waals surface area contributed by atoms with Gasteiger partial charge in [-0.3, -0.25) is 0 Å². The van der Waals surface area contributed by atoms with Gasteiger partial charge in [-0.25, -0.2) is 23.5 Å². The van der Waals surface area contributed by atoms with Gasteiger partial charge in [0, 0.05) is 12.7 Å². The van der Waals surface area contributed by atoms with E-state index in [0.29, 0.717) is 0 Å². The van der Waals surface area contributed by atoms with Crippen molar-refractivity contribution in [1.29, 1.82) is 0 Å². The van der Waals surface area contributed by atoms with Crippen LogP contribution in [0.2, 0.25) is 0 Å². The molecule has 0 saturated carbocycles. The maximum atomic E-state index is 11.8. The highest BCUT2D eigenvalue weighted by atomic mass is 19.3. The highest BCUT2D eigenvalue weighted by Gasteiger charge is 2.11. The number of nitrogens with zero attached hydrogens (tertiary/aromatic N) is 2. The van der Waals surface area contributed by atoms with Crippen molar-refractivity contribution in [3.63, 3.8) is 0 Å². The second-order valence-corrected chi connectivity index (χ2v) is 2.71. The Morgan fingerprint density at radius 3 is 2.93 bits per heavy atom. The average Bonchev–Trinajstić information content (AvgIpc) is 2.17. The van der Waals surface area contributed by atoms with Gasteiger partial charge in [-0.15, -0.1) is 0 Å². The first kappa shape index (κ1) is 11.4. The predicted molar refractivity (Wildman–Crippen MR) is 46.7 cm³/mol. The van der Waals surface area contributed by atoms with Gasteiger partial charge in [0.05, 0.1) is 12.2 Å². The van der Waals surface area contributed by atoms with Gasteiger partial charge in [-0.1, -0.05) is 0 Å². The van der Waals surface area contributed by atoms with Gasteiger partial charge in [0.15, 0.2) is 0 Å². The van der Waals surface area contributed by atoms with Crippen LogP contribution in [0.4, 0.5) is 8.78 Å². The molecule has 0 aliphatic rings. The van der Waals surface area contributed by atoms with E-state index in [1.165, 1.54) is 6.33 Å². The number of aromatic carboxylic acids is 1. The normalized spacial score (nSPS) is 10.6. The lowest BCUT2D eigenvalue weighted by atomic mass is 10.2. The van der Waals surface area contributed by atoms with Gasteiger partial charge in [0.25, 0.3) is 6.43 Å². The van der Waals surface area contributed by atoms with E-state index in [-0.39, 0.29) is 17.8 Å². The molecule has 1 aromatic rings. The maximum Gasteiger partial charge on any atom is 0.339 e. The van der Waals surface area contributed by atoms with E-state index in [1.807, 2.05) is 0 Å². The van der Waals surface area contributed by atoms with Gasteiger partial charge >= 0.3 is 5.97 Å². The van der Waals surface area contributed by atoms with E-state index in [0.717, 1.165) is 6.20 Å². The number of rotatable bonds is 5. The summed E-state index contributed by atoms with van der Waals surface area (Å²) in [5.41, 5.74) is 0.109. The summed E-state index contributed by atoms with van der Waals surface area (Å²) >= 11 is 0. The number of carboxylic acids is 1. The summed E-state index contributed by atoms with van der Waals surface area (Å²) in [6, 6.07) is 0. The van der Waals surface area contributed by atoms with Crippen LogP contribution in [0.1, 0.15) is 16.1 Å². The molecular weight excluding hydrogens is 208 g/mol. The van der Waals surface area contributed by atoms with Gasteiger partial charge in [0.2, 0.25) is 0 Å². The molecule has 0 radical (unpaired) electrons. The lowest BCUT2D eigenvalue weighted by Gasteiger charge is -2.05. The van der Waals surface area contributed by atoms with Crippen LogP contribution >= 0.6 is 0 Å². The minimum absolute atomic E-state index is 0.0194. The van der Waals surface area contributed by atoms with Crippen LogP contribution in [0.25, 0.3) is 0 Å². The van der Waals surface area contributed by atoms with Crippen molar-refractivity contribution in [3.05, 3.63) is 23.8 Å². The first-order valence-corrected chi connectivity index (χ1v) is 4.12. The monoisotopic (exact) mass is 217 g/mol. The zero-order valence-electron chi connectivity index (χ0n) is 7.65. The van der Waals surface area contributed by atoms with Gasteiger partial charge < -0.3 is 10.4 Å². The van der Waals surface area contributed by atoms with Crippen molar-refractivity contribution in [1.82, 2.24) is 15.3 Å². The molecule has 82 valence electrons. The molecule has 0 aliphatic heterocycles. The van der Waals surface area contributed by atoms with E-state index in [2.05, 4.69) is 15.3 Å². The Morgan fingerprint density at radius 2 is 2.33 bits per heavy atom. The molecule has 0 aromatic carbocycles. The lowest BCUT2D eigenvalue weighted by Crippen LogP contribution is -2.22. The second-order valence-electron chi connectivity index (χ2n) is 2.71. The Bertz CT molecular complexity index is 346. The minimum atomic E-state index is -2.47. The Kier molecular flexibility index (Phi) is 4.04. The average molecular weight is 217 g/mol. The van der Waals surface area contributed by atoms with Crippen molar-refractivity contribution in [2.75, 3.05) is 6.54 Å². The van der Waals surface area contributed by atoms with Crippen LogP contribution < -0.4 is 5.32 Å². The standard InChI is InChI=1S/C8H9F2N3O2/c9-7(10)3-11-2-6-5(8(14)15)1-12-4-13-6/h1,4,7,11H,2-3H2,(H,14,15). The predicted octanol–water partition coefficient (Wildman–Crippen LogP) is 0.529. The van der Waals surface area contributed by atoms with Crippen LogP contribution in [0, 0.1) is 0 Å². The largest absolute Gasteiger partial charge is 0.478 e. The second kappa shape index (κ2) is 5.30. The molecule has 5 nitrogen and oxygen atoms in total. The number of carboxylic acid groups (broad SMARTS) is 1. The molecular formula is C8H9F2N3O2. The molecule has 1 heterocycles.